The molecule has 0 radical (unpaired) electrons. The van der Waals surface area contributed by atoms with Gasteiger partial charge in [-0.2, -0.15) is 0 Å². The molecule has 0 atom stereocenters. The number of amides is 1. The van der Waals surface area contributed by atoms with Crippen molar-refractivity contribution in [1.29, 1.82) is 0 Å². The average Bonchev–Trinajstić information content (AvgIpc) is 2.90. The molecule has 1 aliphatic rings. The Morgan fingerprint density at radius 3 is 2.37 bits per heavy atom. The van der Waals surface area contributed by atoms with Gasteiger partial charge in [-0.05, 0) is 61.4 Å². The number of benzene rings is 2. The lowest BCUT2D eigenvalue weighted by molar-refractivity contribution is -0.112. The van der Waals surface area contributed by atoms with Gasteiger partial charge in [-0.25, -0.2) is 15.0 Å². The van der Waals surface area contributed by atoms with E-state index in [2.05, 4.69) is 38.1 Å². The Bertz CT molecular complexity index is 1360. The largest absolute Gasteiger partial charge is 0.353 e. The molecule has 0 aliphatic carbocycles. The van der Waals surface area contributed by atoms with Crippen LogP contribution < -0.4 is 15.1 Å². The van der Waals surface area contributed by atoms with Gasteiger partial charge in [0.25, 0.3) is 5.91 Å². The van der Waals surface area contributed by atoms with Crippen molar-refractivity contribution in [1.82, 2.24) is 15.0 Å². The van der Waals surface area contributed by atoms with Gasteiger partial charge in [0.2, 0.25) is 5.95 Å². The van der Waals surface area contributed by atoms with E-state index < -0.39 is 0 Å². The number of hydrogen-bond acceptors (Lipinski definition) is 6. The molecule has 0 spiro atoms. The maximum absolute atomic E-state index is 12.7. The molecule has 1 fully saturated rings. The Hall–Kier alpha value is -4.26. The second-order valence-corrected chi connectivity index (χ2v) is 8.74. The molecule has 0 saturated carbocycles. The fraction of sp³-hybridized carbons (Fsp3) is 0.214. The zero-order valence-electron chi connectivity index (χ0n) is 20.0. The second kappa shape index (κ2) is 9.93. The number of fused-ring (bicyclic) bond motifs is 1. The maximum atomic E-state index is 12.7. The summed E-state index contributed by atoms with van der Waals surface area (Å²) in [5.74, 6) is 1.64. The molecule has 5 rings (SSSR count). The molecule has 35 heavy (non-hydrogen) atoms. The van der Waals surface area contributed by atoms with E-state index in [1.54, 1.807) is 12.4 Å². The number of hydrogen-bond donors (Lipinski definition) is 1. The van der Waals surface area contributed by atoms with E-state index in [9.17, 15) is 4.79 Å². The normalized spacial score (nSPS) is 14.3. The Labute approximate surface area is 205 Å². The van der Waals surface area contributed by atoms with Crippen LogP contribution in [0, 0.1) is 6.92 Å². The third-order valence-corrected chi connectivity index (χ3v) is 6.24. The highest BCUT2D eigenvalue weighted by Gasteiger charge is 2.20. The first-order chi connectivity index (χ1) is 17.1. The first-order valence-corrected chi connectivity index (χ1v) is 11.8. The van der Waals surface area contributed by atoms with Crippen LogP contribution in [0.4, 0.5) is 17.5 Å². The Morgan fingerprint density at radius 2 is 1.63 bits per heavy atom. The highest BCUT2D eigenvalue weighted by atomic mass is 16.1. The van der Waals surface area contributed by atoms with Crippen LogP contribution in [0.3, 0.4) is 0 Å². The van der Waals surface area contributed by atoms with Gasteiger partial charge in [-0.15, -0.1) is 0 Å². The number of nitrogens with one attached hydrogen (secondary N) is 1. The van der Waals surface area contributed by atoms with E-state index in [0.717, 1.165) is 65.7 Å². The molecule has 3 heterocycles. The molecule has 1 N–H and O–H groups in total. The van der Waals surface area contributed by atoms with Crippen molar-refractivity contribution >= 4 is 40.3 Å². The summed E-state index contributed by atoms with van der Waals surface area (Å²) in [4.78, 5) is 30.9. The smallest absolute Gasteiger partial charge is 0.251 e. The number of rotatable bonds is 5. The van der Waals surface area contributed by atoms with Crippen molar-refractivity contribution in [3.63, 3.8) is 0 Å². The van der Waals surface area contributed by atoms with Crippen molar-refractivity contribution in [2.45, 2.75) is 13.8 Å². The van der Waals surface area contributed by atoms with Crippen LogP contribution >= 0.6 is 0 Å². The first kappa shape index (κ1) is 22.5. The van der Waals surface area contributed by atoms with Gasteiger partial charge in [-0.1, -0.05) is 30.3 Å². The van der Waals surface area contributed by atoms with Gasteiger partial charge in [0.05, 0.1) is 5.52 Å². The Morgan fingerprint density at radius 1 is 0.914 bits per heavy atom. The van der Waals surface area contributed by atoms with E-state index in [-0.39, 0.29) is 5.91 Å². The molecular weight excluding hydrogens is 436 g/mol. The van der Waals surface area contributed by atoms with Crippen LogP contribution in [0.1, 0.15) is 18.1 Å². The molecule has 0 unspecified atom stereocenters. The van der Waals surface area contributed by atoms with Gasteiger partial charge >= 0.3 is 0 Å². The number of aryl methyl sites for hydroxylation is 1. The summed E-state index contributed by atoms with van der Waals surface area (Å²) in [5, 5.41) is 4.05. The van der Waals surface area contributed by atoms with Crippen LogP contribution in [0.5, 0.6) is 0 Å². The van der Waals surface area contributed by atoms with Crippen molar-refractivity contribution in [2.75, 3.05) is 41.3 Å². The standard InChI is InChI=1S/C28H28N6O/c1-20-18-26(33-13-15-34(16-14-33)28-29-11-6-12-30-28)32-25-10-9-23(19-24(20)25)31-27(35)21(2)17-22-7-4-3-5-8-22/h3-12,17-19H,13-16H2,1-2H3,(H,31,35)/b21-17+. The van der Waals surface area contributed by atoms with Crippen LogP contribution in [-0.4, -0.2) is 47.0 Å². The van der Waals surface area contributed by atoms with Crippen molar-refractivity contribution in [2.24, 2.45) is 0 Å². The van der Waals surface area contributed by atoms with Crippen molar-refractivity contribution < 1.29 is 4.79 Å². The number of nitrogens with zero attached hydrogens (tertiary/aromatic N) is 5. The first-order valence-electron chi connectivity index (χ1n) is 11.8. The molecule has 2 aromatic carbocycles. The van der Waals surface area contributed by atoms with Gasteiger partial charge in [0.1, 0.15) is 5.82 Å². The molecule has 0 bridgehead atoms. The molecule has 2 aromatic heterocycles. The van der Waals surface area contributed by atoms with Crippen LogP contribution in [0.25, 0.3) is 17.0 Å². The number of pyridine rings is 1. The lowest BCUT2D eigenvalue weighted by Gasteiger charge is -2.35. The minimum Gasteiger partial charge on any atom is -0.353 e. The molecule has 7 nitrogen and oxygen atoms in total. The van der Waals surface area contributed by atoms with Gasteiger partial charge in [-0.3, -0.25) is 4.79 Å². The lowest BCUT2D eigenvalue weighted by Crippen LogP contribution is -2.47. The SMILES string of the molecule is C/C(=C\c1ccccc1)C(=O)Nc1ccc2nc(N3CCN(c4ncccn4)CC3)cc(C)c2c1. The van der Waals surface area contributed by atoms with Crippen molar-refractivity contribution in [3.8, 4) is 0 Å². The summed E-state index contributed by atoms with van der Waals surface area (Å²) in [6, 6.07) is 19.7. The van der Waals surface area contributed by atoms with E-state index >= 15 is 0 Å². The van der Waals surface area contributed by atoms with Crippen LogP contribution in [0.2, 0.25) is 0 Å². The highest BCUT2D eigenvalue weighted by Crippen LogP contribution is 2.26. The zero-order valence-corrected chi connectivity index (χ0v) is 20.0. The predicted molar refractivity (Wildman–Crippen MR) is 142 cm³/mol. The zero-order chi connectivity index (χ0) is 24.2. The molecule has 176 valence electrons. The van der Waals surface area contributed by atoms with Gasteiger partial charge < -0.3 is 15.1 Å². The summed E-state index contributed by atoms with van der Waals surface area (Å²) in [6.07, 6.45) is 5.44. The number of carbonyl (C=O) groups excluding carboxylic acids is 1. The van der Waals surface area contributed by atoms with Gasteiger partial charge in [0, 0.05) is 55.2 Å². The second-order valence-electron chi connectivity index (χ2n) is 8.74. The molecule has 1 amide bonds. The Balaban J connectivity index is 1.29. The molecule has 4 aromatic rings. The number of anilines is 3. The third kappa shape index (κ3) is 5.14. The third-order valence-electron chi connectivity index (χ3n) is 6.24. The minimum absolute atomic E-state index is 0.115. The Kier molecular flexibility index (Phi) is 6.39. The highest BCUT2D eigenvalue weighted by molar-refractivity contribution is 6.07. The summed E-state index contributed by atoms with van der Waals surface area (Å²) >= 11 is 0. The van der Waals surface area contributed by atoms with E-state index in [1.165, 1.54) is 0 Å². The molecule has 1 aliphatic heterocycles. The maximum Gasteiger partial charge on any atom is 0.251 e. The molecule has 1 saturated heterocycles. The van der Waals surface area contributed by atoms with E-state index in [0.29, 0.717) is 5.57 Å². The topological polar surface area (TPSA) is 74.2 Å². The lowest BCUT2D eigenvalue weighted by atomic mass is 10.1. The van der Waals surface area contributed by atoms with E-state index in [4.69, 9.17) is 4.98 Å². The number of aromatic nitrogens is 3. The fourth-order valence-corrected chi connectivity index (χ4v) is 4.30. The number of carbonyl (C=O) groups is 1. The molecule has 7 heteroatoms. The van der Waals surface area contributed by atoms with Gasteiger partial charge in [0.15, 0.2) is 0 Å². The predicted octanol–water partition coefficient (Wildman–Crippen LogP) is 4.70. The number of piperazine rings is 1. The summed E-state index contributed by atoms with van der Waals surface area (Å²) in [6.45, 7) is 7.34. The fourth-order valence-electron chi connectivity index (χ4n) is 4.30. The van der Waals surface area contributed by atoms with Crippen LogP contribution in [-0.2, 0) is 4.79 Å². The van der Waals surface area contributed by atoms with Crippen LogP contribution in [0.15, 0.2) is 78.6 Å². The molecular formula is C28H28N6O. The van der Waals surface area contributed by atoms with E-state index in [1.807, 2.05) is 67.6 Å². The average molecular weight is 465 g/mol. The summed E-state index contributed by atoms with van der Waals surface area (Å²) in [7, 11) is 0. The summed E-state index contributed by atoms with van der Waals surface area (Å²) < 4.78 is 0. The minimum atomic E-state index is -0.115. The monoisotopic (exact) mass is 464 g/mol. The summed E-state index contributed by atoms with van der Waals surface area (Å²) in [5.41, 5.74) is 4.47. The van der Waals surface area contributed by atoms with Crippen molar-refractivity contribution in [3.05, 3.63) is 89.8 Å². The quantitative estimate of drug-likeness (QED) is 0.432.